The van der Waals surface area contributed by atoms with Crippen molar-refractivity contribution in [3.8, 4) is 0 Å². The van der Waals surface area contributed by atoms with Crippen LogP contribution in [0.15, 0.2) is 0 Å². The molecular formula is C26H35O7-. The Morgan fingerprint density at radius 2 is 1.42 bits per heavy atom. The van der Waals surface area contributed by atoms with E-state index in [4.69, 9.17) is 14.2 Å². The van der Waals surface area contributed by atoms with E-state index in [0.717, 1.165) is 51.4 Å². The van der Waals surface area contributed by atoms with E-state index >= 15 is 0 Å². The molecule has 1 heterocycles. The van der Waals surface area contributed by atoms with Crippen molar-refractivity contribution in [2.45, 2.75) is 76.1 Å². The third-order valence-corrected chi connectivity index (χ3v) is 11.0. The number of carbonyl (C=O) groups excluding carboxylic acids is 2. The Labute approximate surface area is 194 Å². The Balaban J connectivity index is 0.979. The molecule has 8 aliphatic carbocycles. The Bertz CT molecular complexity index is 827. The minimum atomic E-state index is -0.894. The largest absolute Gasteiger partial charge is 0.550 e. The lowest BCUT2D eigenvalue weighted by atomic mass is 9.47. The van der Waals surface area contributed by atoms with Crippen molar-refractivity contribution in [2.75, 3.05) is 19.8 Å². The van der Waals surface area contributed by atoms with Gasteiger partial charge in [-0.25, -0.2) is 0 Å². The van der Waals surface area contributed by atoms with E-state index in [9.17, 15) is 19.8 Å². The minimum absolute atomic E-state index is 0.00589. The number of hydrogen-bond donors (Lipinski definition) is 1. The lowest BCUT2D eigenvalue weighted by Gasteiger charge is -2.65. The molecule has 7 heteroatoms. The van der Waals surface area contributed by atoms with E-state index in [-0.39, 0.29) is 41.7 Å². The molecule has 9 aliphatic rings. The van der Waals surface area contributed by atoms with Gasteiger partial charge in [0.05, 0.1) is 31.3 Å². The number of carboxylic acids is 1. The number of hydrogen-bond acceptors (Lipinski definition) is 7. The molecule has 1 aliphatic heterocycles. The second-order valence-corrected chi connectivity index (χ2v) is 13.0. The van der Waals surface area contributed by atoms with Crippen LogP contribution in [-0.2, 0) is 23.8 Å². The maximum absolute atomic E-state index is 13.2. The van der Waals surface area contributed by atoms with Gasteiger partial charge in [0.25, 0.3) is 0 Å². The molecule has 1 spiro atoms. The van der Waals surface area contributed by atoms with Crippen LogP contribution in [0.4, 0.5) is 0 Å². The van der Waals surface area contributed by atoms with Crippen LogP contribution >= 0.6 is 0 Å². The first-order valence-corrected chi connectivity index (χ1v) is 13.2. The van der Waals surface area contributed by atoms with Crippen LogP contribution in [0.5, 0.6) is 0 Å². The first-order chi connectivity index (χ1) is 15.8. The summed E-state index contributed by atoms with van der Waals surface area (Å²) in [6.07, 6.45) is 8.22. The highest BCUT2D eigenvalue weighted by Gasteiger charge is 2.65. The van der Waals surface area contributed by atoms with Gasteiger partial charge >= 0.3 is 5.97 Å². The number of esters is 1. The summed E-state index contributed by atoms with van der Waals surface area (Å²) in [7, 11) is 0. The number of ether oxygens (including phenoxy) is 3. The van der Waals surface area contributed by atoms with Crippen LogP contribution in [-0.4, -0.2) is 48.8 Å². The average molecular weight is 460 g/mol. The molecule has 4 unspecified atom stereocenters. The Kier molecular flexibility index (Phi) is 4.45. The summed E-state index contributed by atoms with van der Waals surface area (Å²) in [5.74, 6) is 0.105. The van der Waals surface area contributed by atoms with Gasteiger partial charge in [-0.1, -0.05) is 0 Å². The molecule has 1 saturated heterocycles. The van der Waals surface area contributed by atoms with Gasteiger partial charge in [-0.15, -0.1) is 0 Å². The van der Waals surface area contributed by atoms with E-state index in [1.54, 1.807) is 0 Å². The van der Waals surface area contributed by atoms with Crippen molar-refractivity contribution in [3.63, 3.8) is 0 Å². The van der Waals surface area contributed by atoms with E-state index in [2.05, 4.69) is 0 Å². The number of rotatable bonds is 4. The predicted molar refractivity (Wildman–Crippen MR) is 112 cm³/mol. The smallest absolute Gasteiger partial charge is 0.312 e. The molecule has 0 aromatic carbocycles. The van der Waals surface area contributed by atoms with Crippen molar-refractivity contribution in [3.05, 3.63) is 0 Å². The average Bonchev–Trinajstić information content (AvgIpc) is 2.79. The molecule has 1 N–H and O–H groups in total. The van der Waals surface area contributed by atoms with E-state index in [0.29, 0.717) is 44.5 Å². The number of carboxylic acid groups (broad SMARTS) is 1. The van der Waals surface area contributed by atoms with Gasteiger partial charge in [-0.3, -0.25) is 4.79 Å². The quantitative estimate of drug-likeness (QED) is 0.638. The van der Waals surface area contributed by atoms with Crippen molar-refractivity contribution in [1.82, 2.24) is 0 Å². The Hall–Kier alpha value is -1.18. The van der Waals surface area contributed by atoms with E-state index in [1.807, 2.05) is 0 Å². The highest BCUT2D eigenvalue weighted by molar-refractivity contribution is 5.77. The zero-order chi connectivity index (χ0) is 22.6. The van der Waals surface area contributed by atoms with Crippen molar-refractivity contribution in [1.29, 1.82) is 0 Å². The van der Waals surface area contributed by atoms with Gasteiger partial charge < -0.3 is 29.2 Å². The fourth-order valence-electron chi connectivity index (χ4n) is 9.92. The lowest BCUT2D eigenvalue weighted by Crippen LogP contribution is -2.68. The Morgan fingerprint density at radius 1 is 0.848 bits per heavy atom. The molecule has 8 bridgehead atoms. The highest BCUT2D eigenvalue weighted by atomic mass is 16.7. The third kappa shape index (κ3) is 2.91. The normalized spacial score (nSPS) is 55.8. The summed E-state index contributed by atoms with van der Waals surface area (Å²) in [6.45, 7) is 1.28. The van der Waals surface area contributed by atoms with Gasteiger partial charge in [0.15, 0.2) is 5.79 Å². The van der Waals surface area contributed by atoms with Gasteiger partial charge in [-0.05, 0) is 87.9 Å². The fourth-order valence-corrected chi connectivity index (χ4v) is 9.92. The second kappa shape index (κ2) is 6.94. The van der Waals surface area contributed by atoms with Crippen molar-refractivity contribution < 1.29 is 34.0 Å². The first kappa shape index (κ1) is 21.1. The number of aliphatic carboxylic acids is 1. The monoisotopic (exact) mass is 459 g/mol. The molecule has 182 valence electrons. The molecule has 0 amide bonds. The number of aliphatic hydroxyl groups excluding tert-OH is 1. The van der Waals surface area contributed by atoms with Crippen LogP contribution in [0.1, 0.15) is 64.2 Å². The minimum Gasteiger partial charge on any atom is -0.550 e. The summed E-state index contributed by atoms with van der Waals surface area (Å²) in [5, 5.41) is 22.4. The molecule has 33 heavy (non-hydrogen) atoms. The summed E-state index contributed by atoms with van der Waals surface area (Å²) in [5.41, 5.74) is -1.08. The van der Waals surface area contributed by atoms with E-state index < -0.39 is 22.6 Å². The standard InChI is InChI=1S/C26H36O7/c27-21-17-1-14-2-18(21)8-25(6-14,7-17)23(30)31-11-16-12-32-26(33-13-16)19-3-15-4-20(26)10-24(5-15,9-19)22(28)29/h14-21,27H,1-13H2,(H,28,29)/p-1. The third-order valence-electron chi connectivity index (χ3n) is 11.0. The number of carbonyl (C=O) groups is 2. The second-order valence-electron chi connectivity index (χ2n) is 13.0. The zero-order valence-electron chi connectivity index (χ0n) is 19.2. The molecule has 0 aromatic rings. The number of aliphatic hydroxyl groups is 1. The topological polar surface area (TPSA) is 105 Å². The highest BCUT2D eigenvalue weighted by Crippen LogP contribution is 2.65. The zero-order valence-corrected chi connectivity index (χ0v) is 19.2. The predicted octanol–water partition coefficient (Wildman–Crippen LogP) is 1.65. The van der Waals surface area contributed by atoms with Crippen molar-refractivity contribution in [2.24, 2.45) is 52.3 Å². The fraction of sp³-hybridized carbons (Fsp3) is 0.923. The first-order valence-electron chi connectivity index (χ1n) is 13.2. The van der Waals surface area contributed by atoms with Gasteiger partial charge in [0.2, 0.25) is 0 Å². The van der Waals surface area contributed by atoms with Crippen LogP contribution in [0.3, 0.4) is 0 Å². The molecular weight excluding hydrogens is 424 g/mol. The molecule has 7 nitrogen and oxygen atoms in total. The van der Waals surface area contributed by atoms with Crippen LogP contribution in [0.25, 0.3) is 0 Å². The SMILES string of the molecule is O=C([O-])C12CC3CC(C1)C1(OCC(COC(=O)C45CC6CC(C4)C(O)C(C6)C5)CO1)C(C3)C2. The maximum Gasteiger partial charge on any atom is 0.312 e. The van der Waals surface area contributed by atoms with Crippen LogP contribution in [0.2, 0.25) is 0 Å². The molecule has 4 atom stereocenters. The van der Waals surface area contributed by atoms with Crippen LogP contribution in [0, 0.1) is 52.3 Å². The lowest BCUT2D eigenvalue weighted by molar-refractivity contribution is -0.387. The maximum atomic E-state index is 13.2. The van der Waals surface area contributed by atoms with Gasteiger partial charge in [0.1, 0.15) is 0 Å². The van der Waals surface area contributed by atoms with E-state index in [1.165, 1.54) is 0 Å². The summed E-state index contributed by atoms with van der Waals surface area (Å²) in [4.78, 5) is 25.1. The molecule has 0 radical (unpaired) electrons. The summed E-state index contributed by atoms with van der Waals surface area (Å²) in [6, 6.07) is 0. The molecule has 9 fully saturated rings. The van der Waals surface area contributed by atoms with Gasteiger partial charge in [0, 0.05) is 29.1 Å². The van der Waals surface area contributed by atoms with Crippen molar-refractivity contribution >= 4 is 11.9 Å². The summed E-state index contributed by atoms with van der Waals surface area (Å²) >= 11 is 0. The molecule has 8 saturated carbocycles. The summed E-state index contributed by atoms with van der Waals surface area (Å²) < 4.78 is 18.7. The van der Waals surface area contributed by atoms with Gasteiger partial charge in [-0.2, -0.15) is 0 Å². The molecule has 0 aromatic heterocycles. The molecule has 9 rings (SSSR count). The Morgan fingerprint density at radius 3 is 2.03 bits per heavy atom. The van der Waals surface area contributed by atoms with Crippen LogP contribution < -0.4 is 5.11 Å².